The van der Waals surface area contributed by atoms with Gasteiger partial charge in [-0.3, -0.25) is 14.6 Å². The van der Waals surface area contributed by atoms with E-state index < -0.39 is 0 Å². The lowest BCUT2D eigenvalue weighted by Crippen LogP contribution is -2.26. The number of anilines is 1. The van der Waals surface area contributed by atoms with Gasteiger partial charge in [0, 0.05) is 42.5 Å². The number of H-pyrrole nitrogens is 1. The minimum Gasteiger partial charge on any atom is -0.382 e. The number of hydrogen-bond acceptors (Lipinski definition) is 7. The third kappa shape index (κ3) is 4.20. The number of likely N-dealkylation sites (N-methyl/N-ethyl adjacent to an activating group) is 1. The molecule has 5 rings (SSSR count). The summed E-state index contributed by atoms with van der Waals surface area (Å²) in [6.07, 6.45) is 7.30. The number of nitrogens with one attached hydrogen (secondary N) is 1. The number of carbonyl (C=O) groups excluding carboxylic acids is 1. The second-order valence-electron chi connectivity index (χ2n) is 9.54. The van der Waals surface area contributed by atoms with Crippen molar-refractivity contribution in [3.8, 4) is 28.6 Å². The highest BCUT2D eigenvalue weighted by Gasteiger charge is 2.45. The average Bonchev–Trinajstić information content (AvgIpc) is 3.43. The molecule has 10 nitrogen and oxygen atoms in total. The minimum absolute atomic E-state index is 0.0241. The summed E-state index contributed by atoms with van der Waals surface area (Å²) in [5, 5.41) is 21.6. The number of nitrogens with zero attached hydrogens (tertiary/aromatic N) is 7. The third-order valence-electron chi connectivity index (χ3n) is 6.91. The van der Waals surface area contributed by atoms with E-state index in [0.29, 0.717) is 11.6 Å². The van der Waals surface area contributed by atoms with E-state index in [1.54, 1.807) is 29.9 Å². The fourth-order valence-corrected chi connectivity index (χ4v) is 4.54. The van der Waals surface area contributed by atoms with Crippen molar-refractivity contribution in [1.82, 2.24) is 34.8 Å². The summed E-state index contributed by atoms with van der Waals surface area (Å²) >= 11 is 0. The lowest BCUT2D eigenvalue weighted by atomic mass is 9.74. The Bertz CT molecular complexity index is 1460. The molecule has 4 aromatic rings. The van der Waals surface area contributed by atoms with Crippen molar-refractivity contribution >= 4 is 11.7 Å². The van der Waals surface area contributed by atoms with Gasteiger partial charge in [0.05, 0.1) is 18.1 Å². The Hall–Kier alpha value is -4.52. The molecule has 1 aliphatic carbocycles. The van der Waals surface area contributed by atoms with E-state index in [2.05, 4.69) is 56.5 Å². The maximum absolute atomic E-state index is 12.0. The molecule has 182 valence electrons. The maximum atomic E-state index is 12.0. The summed E-state index contributed by atoms with van der Waals surface area (Å²) in [5.41, 5.74) is 10.8. The van der Waals surface area contributed by atoms with Crippen LogP contribution < -0.4 is 5.73 Å². The normalized spacial score (nSPS) is 14.7. The molecule has 3 aromatic heterocycles. The van der Waals surface area contributed by atoms with E-state index in [-0.39, 0.29) is 29.4 Å². The summed E-state index contributed by atoms with van der Waals surface area (Å²) in [7, 11) is 3.45. The maximum Gasteiger partial charge on any atom is 0.243 e. The van der Waals surface area contributed by atoms with Crippen molar-refractivity contribution in [1.29, 1.82) is 5.26 Å². The minimum atomic E-state index is -0.258. The zero-order valence-electron chi connectivity index (χ0n) is 20.4. The van der Waals surface area contributed by atoms with Crippen LogP contribution in [0.4, 0.5) is 5.82 Å². The predicted octanol–water partition coefficient (Wildman–Crippen LogP) is 2.99. The molecular formula is C26H27N9O. The number of amides is 1. The van der Waals surface area contributed by atoms with Crippen LogP contribution in [0.3, 0.4) is 0 Å². The summed E-state index contributed by atoms with van der Waals surface area (Å²) < 4.78 is 1.63. The molecule has 36 heavy (non-hydrogen) atoms. The molecule has 3 N–H and O–H groups in total. The van der Waals surface area contributed by atoms with Gasteiger partial charge in [-0.25, -0.2) is 9.97 Å². The molecule has 1 amide bonds. The Kier molecular flexibility index (Phi) is 5.76. The molecule has 1 unspecified atom stereocenters. The number of carbonyl (C=O) groups is 1. The Morgan fingerprint density at radius 2 is 2.00 bits per heavy atom. The van der Waals surface area contributed by atoms with Crippen molar-refractivity contribution in [3.05, 3.63) is 65.9 Å². The summed E-state index contributed by atoms with van der Waals surface area (Å²) in [6, 6.07) is 12.3. The fraction of sp³-hybridized carbons (Fsp3) is 0.308. The zero-order chi connectivity index (χ0) is 25.4. The van der Waals surface area contributed by atoms with Crippen molar-refractivity contribution in [2.75, 3.05) is 19.8 Å². The van der Waals surface area contributed by atoms with E-state index in [9.17, 15) is 10.1 Å². The largest absolute Gasteiger partial charge is 0.382 e. The number of rotatable bonds is 7. The quantitative estimate of drug-likeness (QED) is 0.413. The van der Waals surface area contributed by atoms with Gasteiger partial charge >= 0.3 is 0 Å². The van der Waals surface area contributed by atoms with Gasteiger partial charge in [0.15, 0.2) is 5.69 Å². The van der Waals surface area contributed by atoms with Crippen LogP contribution in [0.25, 0.3) is 22.5 Å². The topological polar surface area (TPSA) is 142 Å². The average molecular weight is 482 g/mol. The monoisotopic (exact) mass is 481 g/mol. The number of hydrogen-bond donors (Lipinski definition) is 2. The standard InChI is InChI=1S/C26H27N9O/c1-26(19-8-9-19,18-6-4-16(5-7-18)25-21(11-27)31-23(28)13-29-25)22-10-20(32-33-22)17-12-30-35(14-17)15-24(36)34(2)3/h4-7,10,12-14,19H,8-9,15H2,1-3H3,(H2,28,31)(H,32,33). The van der Waals surface area contributed by atoms with Crippen LogP contribution >= 0.6 is 0 Å². The van der Waals surface area contributed by atoms with E-state index in [1.165, 1.54) is 6.20 Å². The predicted molar refractivity (Wildman–Crippen MR) is 134 cm³/mol. The molecule has 0 radical (unpaired) electrons. The third-order valence-corrected chi connectivity index (χ3v) is 6.91. The first kappa shape index (κ1) is 23.2. The second-order valence-corrected chi connectivity index (χ2v) is 9.54. The molecule has 3 heterocycles. The zero-order valence-corrected chi connectivity index (χ0v) is 20.4. The van der Waals surface area contributed by atoms with Gasteiger partial charge in [-0.15, -0.1) is 0 Å². The molecule has 0 bridgehead atoms. The Morgan fingerprint density at radius 1 is 1.25 bits per heavy atom. The molecule has 1 fully saturated rings. The number of benzene rings is 1. The van der Waals surface area contributed by atoms with E-state index in [4.69, 9.17) is 5.73 Å². The molecule has 1 atom stereocenters. The molecular weight excluding hydrogens is 454 g/mol. The first-order valence-corrected chi connectivity index (χ1v) is 11.7. The van der Waals surface area contributed by atoms with Gasteiger partial charge in [-0.1, -0.05) is 24.3 Å². The number of aromatic amines is 1. The molecule has 1 saturated carbocycles. The van der Waals surface area contributed by atoms with Crippen LogP contribution in [0, 0.1) is 17.2 Å². The second kappa shape index (κ2) is 8.92. The number of nitrogen functional groups attached to an aromatic ring is 1. The van der Waals surface area contributed by atoms with Crippen LogP contribution in [0.5, 0.6) is 0 Å². The smallest absolute Gasteiger partial charge is 0.243 e. The molecule has 0 spiro atoms. The van der Waals surface area contributed by atoms with Crippen LogP contribution in [0.1, 0.15) is 36.7 Å². The SMILES string of the molecule is CN(C)C(=O)Cn1cc(-c2cc(C(C)(c3ccc(-c4ncc(N)nc4C#N)cc3)C3CC3)[nH]n2)cn1. The van der Waals surface area contributed by atoms with Crippen LogP contribution in [0.2, 0.25) is 0 Å². The van der Waals surface area contributed by atoms with Gasteiger partial charge in [0.1, 0.15) is 24.1 Å². The van der Waals surface area contributed by atoms with Gasteiger partial charge in [-0.05, 0) is 37.3 Å². The van der Waals surface area contributed by atoms with Gasteiger partial charge in [-0.2, -0.15) is 15.5 Å². The van der Waals surface area contributed by atoms with Crippen molar-refractivity contribution in [3.63, 3.8) is 0 Å². The highest BCUT2D eigenvalue weighted by Crippen LogP contribution is 2.51. The van der Waals surface area contributed by atoms with E-state index in [1.807, 2.05) is 18.3 Å². The van der Waals surface area contributed by atoms with Crippen LogP contribution in [-0.4, -0.2) is 54.8 Å². The van der Waals surface area contributed by atoms with E-state index in [0.717, 1.165) is 40.9 Å². The van der Waals surface area contributed by atoms with Crippen molar-refractivity contribution < 1.29 is 4.79 Å². The molecule has 1 aliphatic rings. The van der Waals surface area contributed by atoms with Crippen molar-refractivity contribution in [2.24, 2.45) is 5.92 Å². The van der Waals surface area contributed by atoms with Crippen LogP contribution in [0.15, 0.2) is 48.9 Å². The lowest BCUT2D eigenvalue weighted by Gasteiger charge is -2.29. The molecule has 1 aromatic carbocycles. The Labute approximate surface area is 208 Å². The lowest BCUT2D eigenvalue weighted by molar-refractivity contribution is -0.129. The molecule has 0 saturated heterocycles. The van der Waals surface area contributed by atoms with Crippen LogP contribution in [-0.2, 0) is 16.8 Å². The number of nitriles is 1. The first-order chi connectivity index (χ1) is 17.3. The highest BCUT2D eigenvalue weighted by atomic mass is 16.2. The molecule has 0 aliphatic heterocycles. The Morgan fingerprint density at radius 3 is 2.67 bits per heavy atom. The summed E-state index contributed by atoms with van der Waals surface area (Å²) in [5.74, 6) is 0.685. The highest BCUT2D eigenvalue weighted by molar-refractivity contribution is 5.75. The summed E-state index contributed by atoms with van der Waals surface area (Å²) in [6.45, 7) is 2.42. The molecule has 10 heteroatoms. The Balaban J connectivity index is 1.43. The van der Waals surface area contributed by atoms with Gasteiger partial charge < -0.3 is 10.6 Å². The van der Waals surface area contributed by atoms with E-state index >= 15 is 0 Å². The number of nitrogens with two attached hydrogens (primary N) is 1. The fourth-order valence-electron chi connectivity index (χ4n) is 4.54. The number of aromatic nitrogens is 6. The summed E-state index contributed by atoms with van der Waals surface area (Å²) in [4.78, 5) is 22.0. The van der Waals surface area contributed by atoms with Gasteiger partial charge in [0.2, 0.25) is 5.91 Å². The first-order valence-electron chi connectivity index (χ1n) is 11.7. The van der Waals surface area contributed by atoms with Crippen molar-refractivity contribution in [2.45, 2.75) is 31.7 Å². The van der Waals surface area contributed by atoms with Gasteiger partial charge in [0.25, 0.3) is 0 Å².